The molecule has 1 saturated heterocycles. The topological polar surface area (TPSA) is 70.4 Å². The fourth-order valence-electron chi connectivity index (χ4n) is 2.94. The molecule has 1 amide bonds. The van der Waals surface area contributed by atoms with Crippen LogP contribution in [0.15, 0.2) is 24.5 Å². The van der Waals surface area contributed by atoms with Crippen LogP contribution in [0.25, 0.3) is 0 Å². The Kier molecular flexibility index (Phi) is 4.37. The Balaban J connectivity index is 1.70. The number of hydrogen-bond acceptors (Lipinski definition) is 4. The fraction of sp³-hybridized carbons (Fsp3) is 0.375. The van der Waals surface area contributed by atoms with E-state index in [9.17, 15) is 18.7 Å². The number of nitrogens with zero attached hydrogens (tertiary/aromatic N) is 3. The molecule has 0 bridgehead atoms. The third-order valence-electron chi connectivity index (χ3n) is 4.07. The Morgan fingerprint density at radius 1 is 1.42 bits per heavy atom. The average Bonchev–Trinajstić information content (AvgIpc) is 2.93. The van der Waals surface area contributed by atoms with E-state index < -0.39 is 28.9 Å². The molecule has 0 aliphatic carbocycles. The predicted octanol–water partition coefficient (Wildman–Crippen LogP) is 1.80. The molecular weight excluding hydrogens is 318 g/mol. The number of hydrogen-bond donors (Lipinski definition) is 2. The average molecular weight is 336 g/mol. The Hall–Kier alpha value is -2.64. The minimum Gasteiger partial charge on any atom is -0.507 e. The zero-order chi connectivity index (χ0) is 17.3. The highest BCUT2D eigenvalue weighted by atomic mass is 19.1. The van der Waals surface area contributed by atoms with Crippen LogP contribution >= 0.6 is 0 Å². The fourth-order valence-corrected chi connectivity index (χ4v) is 2.94. The van der Waals surface area contributed by atoms with Gasteiger partial charge in [-0.3, -0.25) is 9.48 Å². The van der Waals surface area contributed by atoms with Gasteiger partial charge in [0.05, 0.1) is 11.9 Å². The van der Waals surface area contributed by atoms with Gasteiger partial charge in [0.1, 0.15) is 22.9 Å². The molecule has 6 nitrogen and oxygen atoms in total. The van der Waals surface area contributed by atoms with Gasteiger partial charge in [-0.25, -0.2) is 8.78 Å². The molecule has 1 aromatic carbocycles. The molecule has 1 aliphatic heterocycles. The summed E-state index contributed by atoms with van der Waals surface area (Å²) >= 11 is 0. The number of aryl methyl sites for hydroxylation is 1. The number of aromatic nitrogens is 2. The maximum absolute atomic E-state index is 13.8. The van der Waals surface area contributed by atoms with Crippen molar-refractivity contribution in [2.24, 2.45) is 7.05 Å². The number of nitrogens with one attached hydrogen (secondary N) is 1. The van der Waals surface area contributed by atoms with Gasteiger partial charge in [0.15, 0.2) is 0 Å². The highest BCUT2D eigenvalue weighted by Gasteiger charge is 2.25. The van der Waals surface area contributed by atoms with E-state index >= 15 is 0 Å². The van der Waals surface area contributed by atoms with E-state index in [1.807, 2.05) is 13.2 Å². The Labute approximate surface area is 137 Å². The summed E-state index contributed by atoms with van der Waals surface area (Å²) in [5.74, 6) is -3.46. The van der Waals surface area contributed by atoms with Gasteiger partial charge in [0.25, 0.3) is 5.91 Å². The molecule has 128 valence electrons. The van der Waals surface area contributed by atoms with Crippen LogP contribution in [-0.2, 0) is 7.05 Å². The number of anilines is 1. The molecule has 3 rings (SSSR count). The summed E-state index contributed by atoms with van der Waals surface area (Å²) in [5.41, 5.74) is 0.419. The van der Waals surface area contributed by atoms with Crippen molar-refractivity contribution < 1.29 is 18.7 Å². The van der Waals surface area contributed by atoms with Gasteiger partial charge in [-0.05, 0) is 12.8 Å². The molecule has 24 heavy (non-hydrogen) atoms. The van der Waals surface area contributed by atoms with Crippen molar-refractivity contribution in [3.63, 3.8) is 0 Å². The lowest BCUT2D eigenvalue weighted by atomic mass is 10.0. The number of amides is 1. The van der Waals surface area contributed by atoms with Crippen molar-refractivity contribution in [1.82, 2.24) is 15.1 Å². The maximum atomic E-state index is 13.8. The summed E-state index contributed by atoms with van der Waals surface area (Å²) in [5, 5.41) is 16.5. The first-order chi connectivity index (χ1) is 11.4. The highest BCUT2D eigenvalue weighted by Crippen LogP contribution is 2.23. The molecule has 0 unspecified atom stereocenters. The van der Waals surface area contributed by atoms with Crippen LogP contribution in [0.4, 0.5) is 14.5 Å². The van der Waals surface area contributed by atoms with Gasteiger partial charge in [0.2, 0.25) is 0 Å². The van der Waals surface area contributed by atoms with E-state index in [1.54, 1.807) is 10.9 Å². The molecule has 1 aromatic heterocycles. The van der Waals surface area contributed by atoms with Gasteiger partial charge in [-0.15, -0.1) is 0 Å². The molecule has 2 aromatic rings. The van der Waals surface area contributed by atoms with Crippen LogP contribution in [0.5, 0.6) is 5.75 Å². The number of phenolic OH excluding ortho intramolecular Hbond substituents is 1. The summed E-state index contributed by atoms with van der Waals surface area (Å²) in [6, 6.07) is 1.11. The first-order valence-corrected chi connectivity index (χ1v) is 7.66. The van der Waals surface area contributed by atoms with Crippen molar-refractivity contribution >= 4 is 11.6 Å². The second-order valence-electron chi connectivity index (χ2n) is 5.91. The van der Waals surface area contributed by atoms with Crippen molar-refractivity contribution in [1.29, 1.82) is 0 Å². The normalized spacial score (nSPS) is 17.8. The summed E-state index contributed by atoms with van der Waals surface area (Å²) < 4.78 is 28.5. The molecule has 0 radical (unpaired) electrons. The number of halogens is 2. The molecule has 8 heteroatoms. The van der Waals surface area contributed by atoms with E-state index in [2.05, 4.69) is 15.3 Å². The van der Waals surface area contributed by atoms with Gasteiger partial charge in [-0.1, -0.05) is 0 Å². The largest absolute Gasteiger partial charge is 0.507 e. The Morgan fingerprint density at radius 2 is 2.21 bits per heavy atom. The van der Waals surface area contributed by atoms with Gasteiger partial charge >= 0.3 is 0 Å². The zero-order valence-corrected chi connectivity index (χ0v) is 13.2. The summed E-state index contributed by atoms with van der Waals surface area (Å²) in [6.07, 6.45) is 5.23. The van der Waals surface area contributed by atoms with Crippen molar-refractivity contribution in [3.8, 4) is 5.75 Å². The van der Waals surface area contributed by atoms with E-state index in [0.717, 1.165) is 31.1 Å². The third kappa shape index (κ3) is 3.32. The van der Waals surface area contributed by atoms with Crippen LogP contribution in [-0.4, -0.2) is 39.9 Å². The lowest BCUT2D eigenvalue weighted by molar-refractivity contribution is 0.0926. The summed E-state index contributed by atoms with van der Waals surface area (Å²) in [6.45, 7) is 1.40. The number of rotatable bonds is 3. The predicted molar refractivity (Wildman–Crippen MR) is 83.9 cm³/mol. The van der Waals surface area contributed by atoms with Crippen molar-refractivity contribution in [2.75, 3.05) is 18.0 Å². The number of carbonyl (C=O) groups is 1. The number of benzene rings is 1. The number of phenols is 1. The minimum absolute atomic E-state index is 0.199. The molecule has 2 heterocycles. The standard InChI is InChI=1S/C16H18F2N4O2/c1-21-9-12(7-19-21)22-4-2-3-11(8-22)20-16(24)15-13(18)5-10(17)6-14(15)23/h5-7,9,11,23H,2-4,8H2,1H3,(H,20,24)/t11-/m0/s1. The highest BCUT2D eigenvalue weighted by molar-refractivity contribution is 5.97. The van der Waals surface area contributed by atoms with E-state index in [1.165, 1.54) is 0 Å². The van der Waals surface area contributed by atoms with Crippen molar-refractivity contribution in [2.45, 2.75) is 18.9 Å². The lowest BCUT2D eigenvalue weighted by Gasteiger charge is -2.33. The zero-order valence-electron chi connectivity index (χ0n) is 13.2. The summed E-state index contributed by atoms with van der Waals surface area (Å²) in [7, 11) is 1.83. The van der Waals surface area contributed by atoms with Crippen LogP contribution in [0, 0.1) is 11.6 Å². The van der Waals surface area contributed by atoms with Gasteiger partial charge < -0.3 is 15.3 Å². The molecule has 1 fully saturated rings. The Morgan fingerprint density at radius 3 is 2.88 bits per heavy atom. The van der Waals surface area contributed by atoms with Crippen LogP contribution in [0.3, 0.4) is 0 Å². The number of aromatic hydroxyl groups is 1. The number of carbonyl (C=O) groups excluding carboxylic acids is 1. The van der Waals surface area contributed by atoms with Crippen LogP contribution < -0.4 is 10.2 Å². The number of piperidine rings is 1. The van der Waals surface area contributed by atoms with Gasteiger partial charge in [0, 0.05) is 44.5 Å². The first kappa shape index (κ1) is 16.2. The molecule has 0 saturated carbocycles. The van der Waals surface area contributed by atoms with Crippen molar-refractivity contribution in [3.05, 3.63) is 41.7 Å². The van der Waals surface area contributed by atoms with Gasteiger partial charge in [-0.2, -0.15) is 5.10 Å². The van der Waals surface area contributed by atoms with E-state index in [-0.39, 0.29) is 6.04 Å². The second kappa shape index (κ2) is 6.46. The van der Waals surface area contributed by atoms with E-state index in [0.29, 0.717) is 12.6 Å². The maximum Gasteiger partial charge on any atom is 0.258 e. The molecular formula is C16H18F2N4O2. The third-order valence-corrected chi connectivity index (χ3v) is 4.07. The van der Waals surface area contributed by atoms with Crippen LogP contribution in [0.1, 0.15) is 23.2 Å². The SMILES string of the molecule is Cn1cc(N2CCC[C@H](NC(=O)c3c(O)cc(F)cc3F)C2)cn1. The van der Waals surface area contributed by atoms with Crippen LogP contribution in [0.2, 0.25) is 0 Å². The first-order valence-electron chi connectivity index (χ1n) is 7.66. The molecule has 0 spiro atoms. The lowest BCUT2D eigenvalue weighted by Crippen LogP contribution is -2.48. The Bertz CT molecular complexity index is 739. The molecule has 2 N–H and O–H groups in total. The molecule has 1 atom stereocenters. The monoisotopic (exact) mass is 336 g/mol. The minimum atomic E-state index is -1.08. The quantitative estimate of drug-likeness (QED) is 0.897. The summed E-state index contributed by atoms with van der Waals surface area (Å²) in [4.78, 5) is 14.3. The second-order valence-corrected chi connectivity index (χ2v) is 5.91. The smallest absolute Gasteiger partial charge is 0.258 e. The molecule has 1 aliphatic rings. The van der Waals surface area contributed by atoms with E-state index in [4.69, 9.17) is 0 Å².